The minimum Gasteiger partial charge on any atom is -0.391 e. The number of likely N-dealkylation sites (N-methyl/N-ethyl adjacent to an activating group) is 1. The molecule has 1 fully saturated rings. The van der Waals surface area contributed by atoms with Gasteiger partial charge in [-0.15, -0.1) is 11.8 Å². The van der Waals surface area contributed by atoms with Gasteiger partial charge in [-0.05, 0) is 37.1 Å². The van der Waals surface area contributed by atoms with Crippen molar-refractivity contribution >= 4 is 17.7 Å². The van der Waals surface area contributed by atoms with Crippen molar-refractivity contribution in [1.29, 1.82) is 0 Å². The van der Waals surface area contributed by atoms with Crippen molar-refractivity contribution in [1.82, 2.24) is 9.88 Å². The van der Waals surface area contributed by atoms with Crippen LogP contribution in [-0.4, -0.2) is 46.8 Å². The van der Waals surface area contributed by atoms with Crippen molar-refractivity contribution in [2.45, 2.75) is 24.0 Å². The molecule has 0 radical (unpaired) electrons. The standard InChI is InChI=1S/C13H18N2O2S/c1-15(8-11(16)9-3-4-9)13(17)10-5-6-12(18-2)14-7-10/h5-7,9,11,16H,3-4,8H2,1-2H3. The number of hydrogen-bond acceptors (Lipinski definition) is 4. The molecule has 4 nitrogen and oxygen atoms in total. The van der Waals surface area contributed by atoms with E-state index in [4.69, 9.17) is 0 Å². The van der Waals surface area contributed by atoms with E-state index in [-0.39, 0.29) is 5.91 Å². The molecule has 98 valence electrons. The monoisotopic (exact) mass is 266 g/mol. The Morgan fingerprint density at radius 2 is 2.33 bits per heavy atom. The lowest BCUT2D eigenvalue weighted by molar-refractivity contribution is 0.0645. The van der Waals surface area contributed by atoms with E-state index in [0.29, 0.717) is 18.0 Å². The number of aromatic nitrogens is 1. The Labute approximate surface area is 111 Å². The molecular weight excluding hydrogens is 248 g/mol. The van der Waals surface area contributed by atoms with E-state index < -0.39 is 6.10 Å². The molecule has 5 heteroatoms. The molecular formula is C13H18N2O2S. The zero-order chi connectivity index (χ0) is 13.1. The summed E-state index contributed by atoms with van der Waals surface area (Å²) in [4.78, 5) is 17.8. The molecule has 1 heterocycles. The van der Waals surface area contributed by atoms with E-state index in [1.165, 1.54) is 0 Å². The fraction of sp³-hybridized carbons (Fsp3) is 0.538. The second-order valence-electron chi connectivity index (χ2n) is 4.68. The first-order valence-corrected chi connectivity index (χ1v) is 7.28. The zero-order valence-corrected chi connectivity index (χ0v) is 11.5. The van der Waals surface area contributed by atoms with Gasteiger partial charge in [-0.3, -0.25) is 4.79 Å². The number of hydrogen-bond donors (Lipinski definition) is 1. The van der Waals surface area contributed by atoms with E-state index in [0.717, 1.165) is 17.9 Å². The van der Waals surface area contributed by atoms with Crippen LogP contribution < -0.4 is 0 Å². The molecule has 1 aliphatic carbocycles. The summed E-state index contributed by atoms with van der Waals surface area (Å²) in [5.74, 6) is 0.298. The average molecular weight is 266 g/mol. The fourth-order valence-corrected chi connectivity index (χ4v) is 2.20. The summed E-state index contributed by atoms with van der Waals surface area (Å²) < 4.78 is 0. The lowest BCUT2D eigenvalue weighted by atomic mass is 10.2. The highest BCUT2D eigenvalue weighted by Crippen LogP contribution is 2.32. The van der Waals surface area contributed by atoms with Crippen LogP contribution in [0.3, 0.4) is 0 Å². The first-order valence-electron chi connectivity index (χ1n) is 6.05. The van der Waals surface area contributed by atoms with Gasteiger partial charge in [0.1, 0.15) is 0 Å². The SMILES string of the molecule is CSc1ccc(C(=O)N(C)CC(O)C2CC2)cn1. The fourth-order valence-electron chi connectivity index (χ4n) is 1.84. The Kier molecular flexibility index (Phi) is 4.24. The van der Waals surface area contributed by atoms with Gasteiger partial charge in [0, 0.05) is 19.8 Å². The van der Waals surface area contributed by atoms with Gasteiger partial charge < -0.3 is 10.0 Å². The normalized spacial score (nSPS) is 16.4. The molecule has 1 saturated carbocycles. The minimum absolute atomic E-state index is 0.0881. The maximum Gasteiger partial charge on any atom is 0.255 e. The van der Waals surface area contributed by atoms with E-state index in [1.54, 1.807) is 36.0 Å². The van der Waals surface area contributed by atoms with Crippen molar-refractivity contribution in [3.63, 3.8) is 0 Å². The van der Waals surface area contributed by atoms with Crippen molar-refractivity contribution in [2.24, 2.45) is 5.92 Å². The number of amides is 1. The highest BCUT2D eigenvalue weighted by atomic mass is 32.2. The average Bonchev–Trinajstić information content (AvgIpc) is 3.22. The van der Waals surface area contributed by atoms with Crippen LogP contribution >= 0.6 is 11.8 Å². The Morgan fingerprint density at radius 1 is 1.61 bits per heavy atom. The van der Waals surface area contributed by atoms with Crippen molar-refractivity contribution in [3.05, 3.63) is 23.9 Å². The molecule has 0 bridgehead atoms. The summed E-state index contributed by atoms with van der Waals surface area (Å²) in [5.41, 5.74) is 0.568. The molecule has 0 aromatic carbocycles. The number of pyridine rings is 1. The number of rotatable bonds is 5. The summed E-state index contributed by atoms with van der Waals surface area (Å²) in [6, 6.07) is 3.62. The quantitative estimate of drug-likeness (QED) is 0.823. The molecule has 0 saturated heterocycles. The van der Waals surface area contributed by atoms with Crippen LogP contribution in [0.25, 0.3) is 0 Å². The van der Waals surface area contributed by atoms with Gasteiger partial charge in [-0.25, -0.2) is 4.98 Å². The van der Waals surface area contributed by atoms with Crippen LogP contribution in [0.1, 0.15) is 23.2 Å². The number of carbonyl (C=O) groups is 1. The number of aliphatic hydroxyl groups is 1. The number of aliphatic hydroxyl groups excluding tert-OH is 1. The summed E-state index contributed by atoms with van der Waals surface area (Å²) in [7, 11) is 1.72. The Morgan fingerprint density at radius 3 is 2.83 bits per heavy atom. The summed E-state index contributed by atoms with van der Waals surface area (Å²) in [6.07, 6.45) is 5.30. The Bertz CT molecular complexity index is 418. The van der Waals surface area contributed by atoms with Gasteiger partial charge in [0.25, 0.3) is 5.91 Å². The Balaban J connectivity index is 1.95. The molecule has 0 aliphatic heterocycles. The third-order valence-corrected chi connectivity index (χ3v) is 3.83. The molecule has 2 rings (SSSR count). The molecule has 1 atom stereocenters. The predicted molar refractivity (Wildman–Crippen MR) is 71.7 cm³/mol. The van der Waals surface area contributed by atoms with Crippen LogP contribution in [0, 0.1) is 5.92 Å². The van der Waals surface area contributed by atoms with E-state index in [2.05, 4.69) is 4.98 Å². The lowest BCUT2D eigenvalue weighted by Gasteiger charge is -2.20. The molecule has 18 heavy (non-hydrogen) atoms. The summed E-state index contributed by atoms with van der Waals surface area (Å²) >= 11 is 1.54. The number of carbonyl (C=O) groups excluding carboxylic acids is 1. The van der Waals surface area contributed by atoms with E-state index in [1.807, 2.05) is 12.3 Å². The molecule has 1 N–H and O–H groups in total. The number of nitrogens with zero attached hydrogens (tertiary/aromatic N) is 2. The third kappa shape index (κ3) is 3.23. The van der Waals surface area contributed by atoms with Gasteiger partial charge in [-0.1, -0.05) is 0 Å². The predicted octanol–water partition coefficient (Wildman–Crippen LogP) is 1.65. The largest absolute Gasteiger partial charge is 0.391 e. The minimum atomic E-state index is -0.391. The molecule has 1 aromatic rings. The smallest absolute Gasteiger partial charge is 0.255 e. The van der Waals surface area contributed by atoms with Crippen molar-refractivity contribution < 1.29 is 9.90 Å². The summed E-state index contributed by atoms with van der Waals surface area (Å²) in [5, 5.41) is 10.7. The molecule has 0 spiro atoms. The van der Waals surface area contributed by atoms with E-state index in [9.17, 15) is 9.90 Å². The summed E-state index contributed by atoms with van der Waals surface area (Å²) in [6.45, 7) is 0.397. The lowest BCUT2D eigenvalue weighted by Crippen LogP contribution is -2.35. The van der Waals surface area contributed by atoms with Crippen molar-refractivity contribution in [3.8, 4) is 0 Å². The highest BCUT2D eigenvalue weighted by molar-refractivity contribution is 7.98. The molecule has 1 aromatic heterocycles. The van der Waals surface area contributed by atoms with Crippen molar-refractivity contribution in [2.75, 3.05) is 19.8 Å². The van der Waals surface area contributed by atoms with Gasteiger partial charge >= 0.3 is 0 Å². The van der Waals surface area contributed by atoms with E-state index >= 15 is 0 Å². The zero-order valence-electron chi connectivity index (χ0n) is 10.7. The molecule has 1 aliphatic rings. The van der Waals surface area contributed by atoms with Gasteiger partial charge in [0.05, 0.1) is 16.7 Å². The third-order valence-electron chi connectivity index (χ3n) is 3.17. The van der Waals surface area contributed by atoms with Crippen LogP contribution in [0.15, 0.2) is 23.4 Å². The first kappa shape index (κ1) is 13.4. The Hall–Kier alpha value is -1.07. The highest BCUT2D eigenvalue weighted by Gasteiger charge is 2.31. The maximum atomic E-state index is 12.1. The second kappa shape index (κ2) is 5.71. The van der Waals surface area contributed by atoms with Gasteiger partial charge in [0.15, 0.2) is 0 Å². The number of thioether (sulfide) groups is 1. The topological polar surface area (TPSA) is 53.4 Å². The van der Waals surface area contributed by atoms with Crippen LogP contribution in [0.5, 0.6) is 0 Å². The van der Waals surface area contributed by atoms with Gasteiger partial charge in [0.2, 0.25) is 0 Å². The molecule has 1 unspecified atom stereocenters. The maximum absolute atomic E-state index is 12.1. The molecule has 1 amide bonds. The first-order chi connectivity index (χ1) is 8.61. The second-order valence-corrected chi connectivity index (χ2v) is 5.51. The van der Waals surface area contributed by atoms with Gasteiger partial charge in [-0.2, -0.15) is 0 Å². The van der Waals surface area contributed by atoms with Crippen LogP contribution in [-0.2, 0) is 0 Å². The van der Waals surface area contributed by atoms with Crippen LogP contribution in [0.2, 0.25) is 0 Å². The van der Waals surface area contributed by atoms with Crippen LogP contribution in [0.4, 0.5) is 0 Å².